The number of anilines is 2. The summed E-state index contributed by atoms with van der Waals surface area (Å²) in [6.07, 6.45) is 1.32. The Bertz CT molecular complexity index is 593. The average Bonchev–Trinajstić information content (AvgIpc) is 2.44. The molecule has 0 saturated heterocycles. The van der Waals surface area contributed by atoms with Crippen molar-refractivity contribution in [2.75, 3.05) is 24.4 Å². The van der Waals surface area contributed by atoms with E-state index in [1.807, 2.05) is 6.92 Å². The molecular formula is C14H14N4O2. The lowest BCUT2D eigenvalue weighted by Gasteiger charge is -2.12. The number of methoxy groups -OCH3 is 1. The second kappa shape index (κ2) is 7.57. The summed E-state index contributed by atoms with van der Waals surface area (Å²) in [7, 11) is 1.44. The maximum absolute atomic E-state index is 11.5. The van der Waals surface area contributed by atoms with Gasteiger partial charge in [-0.2, -0.15) is 10.5 Å². The number of nitriles is 2. The minimum absolute atomic E-state index is 0.0238. The molecule has 0 unspecified atom stereocenters. The van der Waals surface area contributed by atoms with Gasteiger partial charge in [-0.25, -0.2) is 0 Å². The van der Waals surface area contributed by atoms with E-state index in [1.54, 1.807) is 30.3 Å². The highest BCUT2D eigenvalue weighted by molar-refractivity contribution is 5.93. The van der Waals surface area contributed by atoms with Crippen LogP contribution in [0.1, 0.15) is 5.56 Å². The molecule has 0 saturated carbocycles. The van der Waals surface area contributed by atoms with E-state index in [9.17, 15) is 4.79 Å². The first-order valence-corrected chi connectivity index (χ1v) is 5.77. The van der Waals surface area contributed by atoms with Crippen LogP contribution in [0.15, 0.2) is 30.0 Å². The fraction of sp³-hybridized carbons (Fsp3) is 0.214. The van der Waals surface area contributed by atoms with Crippen molar-refractivity contribution in [2.45, 2.75) is 6.92 Å². The number of amides is 1. The molecular weight excluding hydrogens is 256 g/mol. The predicted molar refractivity (Wildman–Crippen MR) is 74.6 cm³/mol. The van der Waals surface area contributed by atoms with Crippen LogP contribution in [0.4, 0.5) is 11.4 Å². The van der Waals surface area contributed by atoms with Crippen molar-refractivity contribution in [2.24, 2.45) is 0 Å². The molecule has 0 aliphatic carbocycles. The third kappa shape index (κ3) is 4.13. The normalized spacial score (nSPS) is 9.00. The van der Waals surface area contributed by atoms with Gasteiger partial charge in [0, 0.05) is 24.7 Å². The van der Waals surface area contributed by atoms with Crippen LogP contribution >= 0.6 is 0 Å². The summed E-state index contributed by atoms with van der Waals surface area (Å²) in [5, 5.41) is 22.9. The standard InChI is InChI=1S/C14H14N4O2/c1-10-12(17-8-11(6-15)7-16)4-3-5-13(10)18-14(19)9-20-2/h3-5,8,17H,9H2,1-2H3,(H,18,19). The highest BCUT2D eigenvalue weighted by Crippen LogP contribution is 2.23. The Labute approximate surface area is 117 Å². The van der Waals surface area contributed by atoms with E-state index >= 15 is 0 Å². The first-order chi connectivity index (χ1) is 9.62. The lowest BCUT2D eigenvalue weighted by atomic mass is 10.1. The van der Waals surface area contributed by atoms with Gasteiger partial charge in [0.15, 0.2) is 0 Å². The average molecular weight is 270 g/mol. The molecule has 0 aliphatic rings. The van der Waals surface area contributed by atoms with Crippen molar-refractivity contribution in [3.63, 3.8) is 0 Å². The van der Waals surface area contributed by atoms with Crippen LogP contribution < -0.4 is 10.6 Å². The van der Waals surface area contributed by atoms with E-state index in [4.69, 9.17) is 15.3 Å². The highest BCUT2D eigenvalue weighted by Gasteiger charge is 2.07. The Hall–Kier alpha value is -2.83. The predicted octanol–water partition coefficient (Wildman–Crippen LogP) is 1.92. The van der Waals surface area contributed by atoms with Gasteiger partial charge in [0.25, 0.3) is 0 Å². The number of allylic oxidation sites excluding steroid dienone is 1. The Morgan fingerprint density at radius 3 is 2.60 bits per heavy atom. The SMILES string of the molecule is COCC(=O)Nc1cccc(NC=C(C#N)C#N)c1C. The monoisotopic (exact) mass is 270 g/mol. The summed E-state index contributed by atoms with van der Waals surface area (Å²) in [6.45, 7) is 1.79. The van der Waals surface area contributed by atoms with Gasteiger partial charge in [-0.1, -0.05) is 6.07 Å². The quantitative estimate of drug-likeness (QED) is 0.796. The molecule has 2 N–H and O–H groups in total. The van der Waals surface area contributed by atoms with Crippen molar-refractivity contribution in [3.05, 3.63) is 35.5 Å². The molecule has 0 radical (unpaired) electrons. The fourth-order valence-corrected chi connectivity index (χ4v) is 1.48. The van der Waals surface area contributed by atoms with Crippen molar-refractivity contribution < 1.29 is 9.53 Å². The van der Waals surface area contributed by atoms with E-state index in [0.717, 1.165) is 5.56 Å². The maximum Gasteiger partial charge on any atom is 0.250 e. The summed E-state index contributed by atoms with van der Waals surface area (Å²) in [4.78, 5) is 11.5. The van der Waals surface area contributed by atoms with Crippen LogP contribution in [-0.4, -0.2) is 19.6 Å². The molecule has 1 rings (SSSR count). The summed E-state index contributed by atoms with van der Waals surface area (Å²) >= 11 is 0. The molecule has 102 valence electrons. The van der Waals surface area contributed by atoms with Crippen LogP contribution in [0.2, 0.25) is 0 Å². The number of nitrogens with one attached hydrogen (secondary N) is 2. The number of hydrogen-bond donors (Lipinski definition) is 2. The van der Waals surface area contributed by atoms with Gasteiger partial charge >= 0.3 is 0 Å². The van der Waals surface area contributed by atoms with Gasteiger partial charge < -0.3 is 15.4 Å². The Kier molecular flexibility index (Phi) is 5.76. The minimum Gasteiger partial charge on any atom is -0.375 e. The molecule has 0 atom stereocenters. The summed E-state index contributed by atoms with van der Waals surface area (Å²) in [5.74, 6) is -0.252. The molecule has 1 aromatic rings. The van der Waals surface area contributed by atoms with E-state index < -0.39 is 0 Å². The zero-order valence-corrected chi connectivity index (χ0v) is 11.2. The molecule has 6 nitrogen and oxygen atoms in total. The molecule has 0 bridgehead atoms. The Morgan fingerprint density at radius 2 is 2.00 bits per heavy atom. The first kappa shape index (κ1) is 15.2. The number of carbonyl (C=O) groups excluding carboxylic acids is 1. The molecule has 0 fully saturated rings. The lowest BCUT2D eigenvalue weighted by Crippen LogP contribution is -2.17. The van der Waals surface area contributed by atoms with E-state index in [0.29, 0.717) is 11.4 Å². The second-order valence-corrected chi connectivity index (χ2v) is 3.89. The molecule has 1 amide bonds. The second-order valence-electron chi connectivity index (χ2n) is 3.89. The van der Waals surface area contributed by atoms with Crippen molar-refractivity contribution in [1.29, 1.82) is 10.5 Å². The molecule has 6 heteroatoms. The van der Waals surface area contributed by atoms with Crippen molar-refractivity contribution >= 4 is 17.3 Å². The summed E-state index contributed by atoms with van der Waals surface area (Å²) < 4.78 is 4.74. The molecule has 0 aliphatic heterocycles. The number of hydrogen-bond acceptors (Lipinski definition) is 5. The largest absolute Gasteiger partial charge is 0.375 e. The van der Waals surface area contributed by atoms with E-state index in [-0.39, 0.29) is 18.1 Å². The Balaban J connectivity index is 2.91. The van der Waals surface area contributed by atoms with Gasteiger partial charge in [0.05, 0.1) is 0 Å². The van der Waals surface area contributed by atoms with E-state index in [1.165, 1.54) is 13.3 Å². The number of carbonyl (C=O) groups is 1. The minimum atomic E-state index is -0.252. The zero-order valence-electron chi connectivity index (χ0n) is 11.2. The van der Waals surface area contributed by atoms with Crippen molar-refractivity contribution in [1.82, 2.24) is 0 Å². The lowest BCUT2D eigenvalue weighted by molar-refractivity contribution is -0.119. The van der Waals surface area contributed by atoms with Gasteiger partial charge in [-0.05, 0) is 24.6 Å². The van der Waals surface area contributed by atoms with Crippen LogP contribution in [-0.2, 0) is 9.53 Å². The van der Waals surface area contributed by atoms with Crippen LogP contribution in [0.3, 0.4) is 0 Å². The smallest absolute Gasteiger partial charge is 0.250 e. The third-order valence-electron chi connectivity index (χ3n) is 2.50. The van der Waals surface area contributed by atoms with Gasteiger partial charge in [0.2, 0.25) is 5.91 Å². The highest BCUT2D eigenvalue weighted by atomic mass is 16.5. The van der Waals surface area contributed by atoms with Crippen molar-refractivity contribution in [3.8, 4) is 12.1 Å². The third-order valence-corrected chi connectivity index (χ3v) is 2.50. The van der Waals surface area contributed by atoms with Crippen LogP contribution in [0, 0.1) is 29.6 Å². The van der Waals surface area contributed by atoms with Crippen LogP contribution in [0.25, 0.3) is 0 Å². The zero-order chi connectivity index (χ0) is 15.0. The number of ether oxygens (including phenoxy) is 1. The van der Waals surface area contributed by atoms with Gasteiger partial charge in [0.1, 0.15) is 24.3 Å². The molecule has 1 aromatic carbocycles. The number of nitrogens with zero attached hydrogens (tertiary/aromatic N) is 2. The number of rotatable bonds is 5. The molecule has 0 aromatic heterocycles. The molecule has 0 spiro atoms. The topological polar surface area (TPSA) is 97.9 Å². The van der Waals surface area contributed by atoms with Gasteiger partial charge in [-0.15, -0.1) is 0 Å². The summed E-state index contributed by atoms with van der Waals surface area (Å²) in [5.41, 5.74) is 2.10. The fourth-order valence-electron chi connectivity index (χ4n) is 1.48. The molecule has 0 heterocycles. The van der Waals surface area contributed by atoms with E-state index in [2.05, 4.69) is 10.6 Å². The van der Waals surface area contributed by atoms with Gasteiger partial charge in [-0.3, -0.25) is 4.79 Å². The first-order valence-electron chi connectivity index (χ1n) is 5.77. The summed E-state index contributed by atoms with van der Waals surface area (Å²) in [6, 6.07) is 8.81. The Morgan fingerprint density at radius 1 is 1.35 bits per heavy atom. The maximum atomic E-state index is 11.5. The molecule has 20 heavy (non-hydrogen) atoms. The van der Waals surface area contributed by atoms with Crippen LogP contribution in [0.5, 0.6) is 0 Å². The number of benzene rings is 1.